The molecule has 0 radical (unpaired) electrons. The van der Waals surface area contributed by atoms with Crippen molar-refractivity contribution in [2.45, 2.75) is 19.1 Å². The molecule has 0 atom stereocenters. The molecule has 0 spiro atoms. The van der Waals surface area contributed by atoms with Gasteiger partial charge in [0.05, 0.1) is 55.5 Å². The number of Topliss-reactive ketones (excluding diaryl/α,β-unsaturated/α-hetero) is 1. The Labute approximate surface area is 193 Å². The van der Waals surface area contributed by atoms with Crippen LogP contribution in [0, 0.1) is 0 Å². The van der Waals surface area contributed by atoms with E-state index in [9.17, 15) is 26.4 Å². The number of carbonyl (C=O) groups is 1. The van der Waals surface area contributed by atoms with Crippen molar-refractivity contribution in [2.75, 3.05) is 24.7 Å². The predicted octanol–water partition coefficient (Wildman–Crippen LogP) is 4.11. The third-order valence-electron chi connectivity index (χ3n) is 5.36. The number of H-pyrrole nitrogens is 1. The number of methoxy groups -OCH3 is 1. The Morgan fingerprint density at radius 3 is 2.59 bits per heavy atom. The summed E-state index contributed by atoms with van der Waals surface area (Å²) in [6.45, 7) is -0.820. The van der Waals surface area contributed by atoms with E-state index in [-0.39, 0.29) is 17.8 Å². The number of aromatic nitrogens is 2. The van der Waals surface area contributed by atoms with Crippen molar-refractivity contribution in [3.8, 4) is 17.0 Å². The highest BCUT2D eigenvalue weighted by molar-refractivity contribution is 7.89. The van der Waals surface area contributed by atoms with E-state index in [2.05, 4.69) is 15.3 Å². The average molecular weight is 494 g/mol. The molecule has 0 aliphatic carbocycles. The van der Waals surface area contributed by atoms with E-state index in [4.69, 9.17) is 4.74 Å². The molecule has 8 nitrogen and oxygen atoms in total. The van der Waals surface area contributed by atoms with E-state index in [0.717, 1.165) is 4.31 Å². The molecule has 2 N–H and O–H groups in total. The van der Waals surface area contributed by atoms with Gasteiger partial charge in [0.25, 0.3) is 0 Å². The van der Waals surface area contributed by atoms with Crippen LogP contribution in [0.25, 0.3) is 11.3 Å². The zero-order chi connectivity index (χ0) is 24.5. The maximum atomic E-state index is 13.1. The highest BCUT2D eigenvalue weighted by Crippen LogP contribution is 2.41. The van der Waals surface area contributed by atoms with Crippen molar-refractivity contribution in [1.82, 2.24) is 14.3 Å². The van der Waals surface area contributed by atoms with Crippen molar-refractivity contribution >= 4 is 27.2 Å². The topological polar surface area (TPSA) is 104 Å². The number of ketones is 1. The number of carbonyl (C=O) groups excluding carboxylic acids is 1. The van der Waals surface area contributed by atoms with Gasteiger partial charge in [0.15, 0.2) is 5.78 Å². The van der Waals surface area contributed by atoms with Crippen molar-refractivity contribution < 1.29 is 31.1 Å². The fourth-order valence-corrected chi connectivity index (χ4v) is 5.15. The van der Waals surface area contributed by atoms with E-state index in [1.54, 1.807) is 24.4 Å². The maximum Gasteiger partial charge on any atom is 0.390 e. The summed E-state index contributed by atoms with van der Waals surface area (Å²) >= 11 is 0. The number of rotatable bonds is 7. The lowest BCUT2D eigenvalue weighted by molar-refractivity contribution is -0.130. The average Bonchev–Trinajstić information content (AvgIpc) is 3.16. The van der Waals surface area contributed by atoms with Crippen LogP contribution in [0.15, 0.2) is 48.8 Å². The number of nitrogens with zero attached hydrogens (tertiary/aromatic N) is 2. The second-order valence-corrected chi connectivity index (χ2v) is 9.76. The first-order valence-corrected chi connectivity index (χ1v) is 11.8. The lowest BCUT2D eigenvalue weighted by Crippen LogP contribution is -2.41. The summed E-state index contributed by atoms with van der Waals surface area (Å²) < 4.78 is 69.1. The summed E-state index contributed by atoms with van der Waals surface area (Å²) in [5, 5.41) is 3.21. The molecule has 0 amide bonds. The minimum atomic E-state index is -4.62. The molecule has 3 heterocycles. The van der Waals surface area contributed by atoms with E-state index < -0.39 is 40.7 Å². The summed E-state index contributed by atoms with van der Waals surface area (Å²) in [5.74, 6) is -1.25. The molecular formula is C22H21F3N4O4S. The second kappa shape index (κ2) is 9.11. The van der Waals surface area contributed by atoms with Gasteiger partial charge in [0.2, 0.25) is 10.0 Å². The van der Waals surface area contributed by atoms with Crippen LogP contribution >= 0.6 is 0 Å². The number of pyridine rings is 1. The lowest BCUT2D eigenvalue weighted by Gasteiger charge is -2.26. The summed E-state index contributed by atoms with van der Waals surface area (Å²) in [6, 6.07) is 10.7. The van der Waals surface area contributed by atoms with Crippen LogP contribution in [0.5, 0.6) is 5.75 Å². The Balaban J connectivity index is 1.78. The smallest absolute Gasteiger partial charge is 0.390 e. The first-order valence-electron chi connectivity index (χ1n) is 10.2. The molecular weight excluding hydrogens is 473 g/mol. The van der Waals surface area contributed by atoms with Gasteiger partial charge in [-0.2, -0.15) is 17.5 Å². The lowest BCUT2D eigenvalue weighted by atomic mass is 10.0. The van der Waals surface area contributed by atoms with Crippen molar-refractivity contribution in [3.63, 3.8) is 0 Å². The zero-order valence-electron chi connectivity index (χ0n) is 18.0. The van der Waals surface area contributed by atoms with E-state index in [0.29, 0.717) is 28.4 Å². The molecule has 0 unspecified atom stereocenters. The first kappa shape index (κ1) is 23.8. The third-order valence-corrected chi connectivity index (χ3v) is 7.13. The molecule has 1 aliphatic heterocycles. The van der Waals surface area contributed by atoms with E-state index in [1.165, 1.54) is 13.3 Å². The number of alkyl halides is 3. The third kappa shape index (κ3) is 4.92. The molecule has 12 heteroatoms. The summed E-state index contributed by atoms with van der Waals surface area (Å²) in [4.78, 5) is 20.3. The number of aromatic amines is 1. The van der Waals surface area contributed by atoms with Crippen LogP contribution in [0.3, 0.4) is 0 Å². The van der Waals surface area contributed by atoms with E-state index in [1.807, 2.05) is 18.2 Å². The van der Waals surface area contributed by atoms with Gasteiger partial charge in [-0.1, -0.05) is 18.2 Å². The Kier molecular flexibility index (Phi) is 6.36. The van der Waals surface area contributed by atoms with Gasteiger partial charge in [-0.3, -0.25) is 9.78 Å². The highest BCUT2D eigenvalue weighted by atomic mass is 32.2. The molecule has 180 valence electrons. The zero-order valence-corrected chi connectivity index (χ0v) is 18.8. The maximum absolute atomic E-state index is 13.1. The Bertz CT molecular complexity index is 1310. The molecule has 34 heavy (non-hydrogen) atoms. The molecule has 1 aliphatic rings. The van der Waals surface area contributed by atoms with Gasteiger partial charge in [-0.25, -0.2) is 8.42 Å². The summed E-state index contributed by atoms with van der Waals surface area (Å²) in [5.41, 5.74) is 2.68. The largest absolute Gasteiger partial charge is 0.494 e. The molecule has 2 aromatic heterocycles. The monoisotopic (exact) mass is 494 g/mol. The van der Waals surface area contributed by atoms with Crippen LogP contribution < -0.4 is 10.1 Å². The SMILES string of the molecule is COc1cnccc1-c1[nH]c2c(c1Nc1ccccc1)C(=O)CN(S(=O)(=O)CCC(F)(F)F)C2. The molecule has 0 saturated carbocycles. The minimum Gasteiger partial charge on any atom is -0.494 e. The van der Waals surface area contributed by atoms with Gasteiger partial charge >= 0.3 is 6.18 Å². The molecule has 0 saturated heterocycles. The van der Waals surface area contributed by atoms with Crippen molar-refractivity contribution in [2.24, 2.45) is 0 Å². The van der Waals surface area contributed by atoms with Gasteiger partial charge in [0.1, 0.15) is 5.75 Å². The van der Waals surface area contributed by atoms with Crippen LogP contribution in [-0.2, 0) is 16.6 Å². The second-order valence-electron chi connectivity index (χ2n) is 7.67. The number of anilines is 2. The van der Waals surface area contributed by atoms with Crippen molar-refractivity contribution in [1.29, 1.82) is 0 Å². The van der Waals surface area contributed by atoms with Gasteiger partial charge in [0, 0.05) is 23.1 Å². The van der Waals surface area contributed by atoms with Crippen LogP contribution in [0.4, 0.5) is 24.5 Å². The number of hydrogen-bond donors (Lipinski definition) is 2. The van der Waals surface area contributed by atoms with Crippen LogP contribution in [0.2, 0.25) is 0 Å². The standard InChI is InChI=1S/C22H21F3N4O4S/c1-33-18-11-26-9-7-15(18)20-21(27-14-5-3-2-4-6-14)19-16(28-20)12-29(13-17(19)30)34(31,32)10-8-22(23,24)25/h2-7,9,11,27-28H,8,10,12-13H2,1H3. The summed E-state index contributed by atoms with van der Waals surface area (Å²) in [6.07, 6.45) is -3.07. The number of ether oxygens (including phenoxy) is 1. The summed E-state index contributed by atoms with van der Waals surface area (Å²) in [7, 11) is -2.85. The highest BCUT2D eigenvalue weighted by Gasteiger charge is 2.38. The number of sulfonamides is 1. The Hall–Kier alpha value is -3.38. The Morgan fingerprint density at radius 1 is 1.18 bits per heavy atom. The molecule has 4 rings (SSSR count). The number of fused-ring (bicyclic) bond motifs is 1. The molecule has 3 aromatic rings. The number of para-hydroxylation sites is 1. The first-order chi connectivity index (χ1) is 16.1. The van der Waals surface area contributed by atoms with E-state index >= 15 is 0 Å². The molecule has 1 aromatic carbocycles. The normalized spacial score (nSPS) is 14.6. The molecule has 0 bridgehead atoms. The van der Waals surface area contributed by atoms with Gasteiger partial charge in [-0.15, -0.1) is 0 Å². The van der Waals surface area contributed by atoms with Gasteiger partial charge < -0.3 is 15.0 Å². The van der Waals surface area contributed by atoms with Crippen LogP contribution in [-0.4, -0.2) is 54.1 Å². The minimum absolute atomic E-state index is 0.250. The molecule has 0 fully saturated rings. The quantitative estimate of drug-likeness (QED) is 0.512. The van der Waals surface area contributed by atoms with Crippen LogP contribution in [0.1, 0.15) is 22.5 Å². The Morgan fingerprint density at radius 2 is 1.91 bits per heavy atom. The van der Waals surface area contributed by atoms with Crippen molar-refractivity contribution in [3.05, 3.63) is 60.0 Å². The van der Waals surface area contributed by atoms with Gasteiger partial charge in [-0.05, 0) is 18.2 Å². The number of nitrogens with one attached hydrogen (secondary N) is 2. The fourth-order valence-electron chi connectivity index (χ4n) is 3.76. The fraction of sp³-hybridized carbons (Fsp3) is 0.273. The predicted molar refractivity (Wildman–Crippen MR) is 119 cm³/mol. The number of benzene rings is 1. The number of halogens is 3. The number of hydrogen-bond acceptors (Lipinski definition) is 6.